The van der Waals surface area contributed by atoms with Gasteiger partial charge in [-0.25, -0.2) is 19.4 Å². The fourth-order valence-electron chi connectivity index (χ4n) is 3.12. The third-order valence-electron chi connectivity index (χ3n) is 4.62. The normalized spacial score (nSPS) is 19.3. The number of hydrogen-bond donors (Lipinski definition) is 3. The molecule has 0 bridgehead atoms. The van der Waals surface area contributed by atoms with Crippen molar-refractivity contribution in [1.82, 2.24) is 9.97 Å². The monoisotopic (exact) mass is 376 g/mol. The maximum Gasteiger partial charge on any atom is 0.335 e. The van der Waals surface area contributed by atoms with Gasteiger partial charge in [0.2, 0.25) is 0 Å². The summed E-state index contributed by atoms with van der Waals surface area (Å²) in [6, 6.07) is 5.31. The van der Waals surface area contributed by atoms with E-state index in [9.17, 15) is 24.6 Å². The van der Waals surface area contributed by atoms with Crippen LogP contribution in [-0.4, -0.2) is 43.2 Å². The van der Waals surface area contributed by atoms with E-state index in [2.05, 4.69) is 9.97 Å². The first-order chi connectivity index (χ1) is 13.3. The predicted molar refractivity (Wildman–Crippen MR) is 96.0 cm³/mol. The summed E-state index contributed by atoms with van der Waals surface area (Å²) in [5.41, 5.74) is 0.667. The van der Waals surface area contributed by atoms with Crippen molar-refractivity contribution >= 4 is 17.9 Å². The maximum atomic E-state index is 11.6. The van der Waals surface area contributed by atoms with Crippen molar-refractivity contribution in [3.8, 4) is 11.4 Å². The molecule has 28 heavy (non-hydrogen) atoms. The van der Waals surface area contributed by atoms with E-state index in [4.69, 9.17) is 5.11 Å². The Morgan fingerprint density at radius 1 is 0.821 bits per heavy atom. The van der Waals surface area contributed by atoms with Crippen LogP contribution in [0.5, 0.6) is 0 Å². The maximum absolute atomic E-state index is 11.6. The van der Waals surface area contributed by atoms with Gasteiger partial charge in [0.1, 0.15) is 0 Å². The van der Waals surface area contributed by atoms with Crippen LogP contribution in [0.1, 0.15) is 26.4 Å². The summed E-state index contributed by atoms with van der Waals surface area (Å²) in [6.45, 7) is 0. The smallest absolute Gasteiger partial charge is 0.335 e. The van der Waals surface area contributed by atoms with E-state index in [-0.39, 0.29) is 28.1 Å². The predicted octanol–water partition coefficient (Wildman–Crippen LogP) is 2.30. The van der Waals surface area contributed by atoms with Gasteiger partial charge in [-0.2, -0.15) is 0 Å². The van der Waals surface area contributed by atoms with Gasteiger partial charge < -0.3 is 15.3 Å². The number of aromatic nitrogens is 2. The van der Waals surface area contributed by atoms with Crippen LogP contribution in [0, 0.1) is 0 Å². The molecule has 0 aliphatic heterocycles. The lowest BCUT2D eigenvalue weighted by Crippen LogP contribution is -2.17. The zero-order chi connectivity index (χ0) is 20.1. The summed E-state index contributed by atoms with van der Waals surface area (Å²) < 4.78 is 0. The highest BCUT2D eigenvalue weighted by Gasteiger charge is 2.46. The van der Waals surface area contributed by atoms with Crippen LogP contribution in [-0.2, 0) is 10.2 Å². The summed E-state index contributed by atoms with van der Waals surface area (Å²) in [5, 5.41) is 27.9. The van der Waals surface area contributed by atoms with Gasteiger partial charge in [-0.1, -0.05) is 12.2 Å². The van der Waals surface area contributed by atoms with Gasteiger partial charge in [-0.3, -0.25) is 4.98 Å². The molecule has 0 fully saturated rings. The van der Waals surface area contributed by atoms with E-state index in [1.165, 1.54) is 42.6 Å². The number of allylic oxidation sites excluding steroid dienone is 4. The number of rotatable bonds is 5. The molecule has 2 aliphatic carbocycles. The standard InChI is InChI=1S/C20H12N2O6/c23-17(24)10-3-4-21-14(5-10)15-6-12(19(27)28)7-16(22-15)20-8-11(18(25)26)1-2-13(20)9-20/h1-9H,(H,23,24)(H,25,26)(H,27,28). The molecule has 0 aromatic carbocycles. The van der Waals surface area contributed by atoms with Crippen LogP contribution < -0.4 is 0 Å². The Labute approximate surface area is 157 Å². The van der Waals surface area contributed by atoms with Gasteiger partial charge in [-0.15, -0.1) is 0 Å². The summed E-state index contributed by atoms with van der Waals surface area (Å²) in [6.07, 6.45) is 7.74. The largest absolute Gasteiger partial charge is 0.478 e. The molecule has 0 spiro atoms. The molecule has 4 rings (SSSR count). The molecule has 0 saturated heterocycles. The van der Waals surface area contributed by atoms with Gasteiger partial charge in [-0.05, 0) is 42.0 Å². The molecule has 0 amide bonds. The number of carboxylic acid groups (broad SMARTS) is 3. The van der Waals surface area contributed by atoms with E-state index in [1.54, 1.807) is 12.2 Å². The lowest BCUT2D eigenvalue weighted by atomic mass is 9.87. The number of aliphatic carboxylic acids is 1. The first kappa shape index (κ1) is 17.3. The van der Waals surface area contributed by atoms with Crippen molar-refractivity contribution < 1.29 is 29.7 Å². The van der Waals surface area contributed by atoms with Crippen LogP contribution >= 0.6 is 0 Å². The molecule has 3 N–H and O–H groups in total. The van der Waals surface area contributed by atoms with Crippen LogP contribution in [0.25, 0.3) is 11.4 Å². The topological polar surface area (TPSA) is 138 Å². The third-order valence-corrected chi connectivity index (χ3v) is 4.62. The Morgan fingerprint density at radius 2 is 1.54 bits per heavy atom. The number of fused-ring (bicyclic) bond motifs is 1. The number of hydrogen-bond acceptors (Lipinski definition) is 5. The van der Waals surface area contributed by atoms with Crippen LogP contribution in [0.15, 0.2) is 65.9 Å². The Bertz CT molecular complexity index is 1160. The number of pyridine rings is 2. The molecule has 138 valence electrons. The van der Waals surface area contributed by atoms with Crippen molar-refractivity contribution in [3.05, 3.63) is 82.7 Å². The Balaban J connectivity index is 1.86. The fraction of sp³-hybridized carbons (Fsp3) is 0.0500. The second-order valence-corrected chi connectivity index (χ2v) is 6.37. The zero-order valence-corrected chi connectivity index (χ0v) is 14.2. The molecule has 2 heterocycles. The Kier molecular flexibility index (Phi) is 3.71. The minimum absolute atomic E-state index is 0.00821. The first-order valence-corrected chi connectivity index (χ1v) is 8.13. The van der Waals surface area contributed by atoms with Crippen LogP contribution in [0.2, 0.25) is 0 Å². The van der Waals surface area contributed by atoms with Crippen LogP contribution in [0.4, 0.5) is 0 Å². The minimum Gasteiger partial charge on any atom is -0.478 e. The van der Waals surface area contributed by atoms with E-state index in [0.717, 1.165) is 5.57 Å². The lowest BCUT2D eigenvalue weighted by Gasteiger charge is -2.18. The third kappa shape index (κ3) is 2.77. The fourth-order valence-corrected chi connectivity index (χ4v) is 3.12. The van der Waals surface area contributed by atoms with Gasteiger partial charge in [0.15, 0.2) is 0 Å². The summed E-state index contributed by atoms with van der Waals surface area (Å²) >= 11 is 0. The van der Waals surface area contributed by atoms with Gasteiger partial charge >= 0.3 is 17.9 Å². The minimum atomic E-state index is -1.19. The zero-order valence-electron chi connectivity index (χ0n) is 14.2. The van der Waals surface area contributed by atoms with Gasteiger partial charge in [0.05, 0.1) is 39.2 Å². The summed E-state index contributed by atoms with van der Waals surface area (Å²) in [5.74, 6) is -3.43. The molecule has 2 aromatic rings. The SMILES string of the molecule is O=C(O)C1=CC2(c3cc(C(=O)O)cc(-c4cc(C(=O)O)ccn4)n3)C=C2C=C1. The second-order valence-electron chi connectivity index (χ2n) is 6.37. The average molecular weight is 376 g/mol. The highest BCUT2D eigenvalue weighted by molar-refractivity contribution is 5.94. The molecule has 0 radical (unpaired) electrons. The van der Waals surface area contributed by atoms with E-state index in [0.29, 0.717) is 5.69 Å². The number of carbonyl (C=O) groups is 3. The average Bonchev–Trinajstić information content (AvgIpc) is 3.42. The van der Waals surface area contributed by atoms with Gasteiger partial charge in [0.25, 0.3) is 0 Å². The first-order valence-electron chi connectivity index (χ1n) is 8.13. The molecule has 1 atom stereocenters. The molecule has 0 saturated carbocycles. The molecule has 8 nitrogen and oxygen atoms in total. The number of nitrogens with zero attached hydrogens (tertiary/aromatic N) is 2. The Hall–Kier alpha value is -4.07. The molecular formula is C20H12N2O6. The Morgan fingerprint density at radius 3 is 2.21 bits per heavy atom. The van der Waals surface area contributed by atoms with Crippen LogP contribution in [0.3, 0.4) is 0 Å². The molecule has 8 heteroatoms. The van der Waals surface area contributed by atoms with Crippen molar-refractivity contribution in [3.63, 3.8) is 0 Å². The highest BCUT2D eigenvalue weighted by atomic mass is 16.4. The quantitative estimate of drug-likeness (QED) is 0.723. The molecule has 2 aromatic heterocycles. The van der Waals surface area contributed by atoms with Crippen molar-refractivity contribution in [1.29, 1.82) is 0 Å². The lowest BCUT2D eigenvalue weighted by molar-refractivity contribution is -0.132. The van der Waals surface area contributed by atoms with Crippen molar-refractivity contribution in [2.75, 3.05) is 0 Å². The molecule has 1 unspecified atom stereocenters. The highest BCUT2D eigenvalue weighted by Crippen LogP contribution is 2.51. The number of carboxylic acids is 3. The second kappa shape index (κ2) is 5.98. The van der Waals surface area contributed by atoms with Crippen molar-refractivity contribution in [2.24, 2.45) is 0 Å². The van der Waals surface area contributed by atoms with E-state index >= 15 is 0 Å². The van der Waals surface area contributed by atoms with Crippen molar-refractivity contribution in [2.45, 2.75) is 5.41 Å². The van der Waals surface area contributed by atoms with Gasteiger partial charge in [0, 0.05) is 6.20 Å². The van der Waals surface area contributed by atoms with E-state index in [1.807, 2.05) is 0 Å². The molecule has 2 aliphatic rings. The molecular weight excluding hydrogens is 364 g/mol. The summed E-state index contributed by atoms with van der Waals surface area (Å²) in [7, 11) is 0. The number of aromatic carboxylic acids is 2. The summed E-state index contributed by atoms with van der Waals surface area (Å²) in [4.78, 5) is 42.7. The van der Waals surface area contributed by atoms with E-state index < -0.39 is 23.3 Å².